The molecule has 2 aromatic heterocycles. The van der Waals surface area contributed by atoms with E-state index in [0.29, 0.717) is 23.8 Å². The second-order valence-corrected chi connectivity index (χ2v) is 6.82. The van der Waals surface area contributed by atoms with Gasteiger partial charge < -0.3 is 5.32 Å². The number of nitrogens with one attached hydrogen (secondary N) is 2. The second-order valence-electron chi connectivity index (χ2n) is 6.82. The Bertz CT molecular complexity index is 1190. The SMILES string of the molecule is Cc1cccc(-c2nc3nc(CNc4ccc(C)c(C)c4)cc(=O)n3[nH]2)c1. The minimum Gasteiger partial charge on any atom is -0.379 e. The van der Waals surface area contributed by atoms with E-state index in [2.05, 4.69) is 46.4 Å². The normalized spacial score (nSPS) is 11.1. The Morgan fingerprint density at radius 1 is 1.00 bits per heavy atom. The van der Waals surface area contributed by atoms with Crippen LogP contribution in [0.2, 0.25) is 0 Å². The Kier molecular flexibility index (Phi) is 4.24. The molecule has 136 valence electrons. The van der Waals surface area contributed by atoms with Crippen molar-refractivity contribution >= 4 is 11.5 Å². The topological polar surface area (TPSA) is 75.1 Å². The number of rotatable bonds is 4. The van der Waals surface area contributed by atoms with Crippen LogP contribution in [0.25, 0.3) is 17.2 Å². The van der Waals surface area contributed by atoms with Gasteiger partial charge in [-0.3, -0.25) is 9.89 Å². The van der Waals surface area contributed by atoms with Gasteiger partial charge in [-0.1, -0.05) is 29.8 Å². The molecule has 0 atom stereocenters. The van der Waals surface area contributed by atoms with E-state index in [-0.39, 0.29) is 5.56 Å². The average Bonchev–Trinajstić information content (AvgIpc) is 3.08. The summed E-state index contributed by atoms with van der Waals surface area (Å²) in [5.41, 5.74) is 6.00. The van der Waals surface area contributed by atoms with Gasteiger partial charge in [0.15, 0.2) is 5.82 Å². The summed E-state index contributed by atoms with van der Waals surface area (Å²) in [6.07, 6.45) is 0. The van der Waals surface area contributed by atoms with E-state index in [0.717, 1.165) is 16.8 Å². The summed E-state index contributed by atoms with van der Waals surface area (Å²) in [6, 6.07) is 15.7. The number of H-pyrrole nitrogens is 1. The van der Waals surface area contributed by atoms with Crippen LogP contribution in [-0.2, 0) is 6.54 Å². The predicted octanol–water partition coefficient (Wildman–Crippen LogP) is 3.62. The Hall–Kier alpha value is -3.41. The zero-order valence-electron chi connectivity index (χ0n) is 15.6. The number of aryl methyl sites for hydroxylation is 3. The molecule has 27 heavy (non-hydrogen) atoms. The molecule has 0 spiro atoms. The van der Waals surface area contributed by atoms with Crippen LogP contribution in [0.15, 0.2) is 53.3 Å². The van der Waals surface area contributed by atoms with Gasteiger partial charge in [0.05, 0.1) is 12.2 Å². The van der Waals surface area contributed by atoms with Crippen molar-refractivity contribution in [2.24, 2.45) is 0 Å². The van der Waals surface area contributed by atoms with Crippen LogP contribution in [0.4, 0.5) is 5.69 Å². The van der Waals surface area contributed by atoms with E-state index in [1.54, 1.807) is 0 Å². The highest BCUT2D eigenvalue weighted by Crippen LogP contribution is 2.17. The summed E-state index contributed by atoms with van der Waals surface area (Å²) in [4.78, 5) is 21.5. The van der Waals surface area contributed by atoms with E-state index in [1.165, 1.54) is 21.7 Å². The molecular weight excluding hydrogens is 338 g/mol. The smallest absolute Gasteiger partial charge is 0.274 e. The number of anilines is 1. The van der Waals surface area contributed by atoms with Crippen LogP contribution in [0.5, 0.6) is 0 Å². The highest BCUT2D eigenvalue weighted by Gasteiger charge is 2.10. The molecule has 2 heterocycles. The van der Waals surface area contributed by atoms with Crippen molar-refractivity contribution in [2.45, 2.75) is 27.3 Å². The van der Waals surface area contributed by atoms with Crippen LogP contribution >= 0.6 is 0 Å². The number of fused-ring (bicyclic) bond motifs is 1. The molecule has 0 aliphatic heterocycles. The van der Waals surface area contributed by atoms with Crippen LogP contribution in [0.1, 0.15) is 22.4 Å². The summed E-state index contributed by atoms with van der Waals surface area (Å²) < 4.78 is 1.37. The third-order valence-electron chi connectivity index (χ3n) is 4.66. The number of hydrogen-bond acceptors (Lipinski definition) is 4. The maximum Gasteiger partial charge on any atom is 0.274 e. The first-order chi connectivity index (χ1) is 13.0. The van der Waals surface area contributed by atoms with Gasteiger partial charge in [0.2, 0.25) is 0 Å². The molecule has 0 aliphatic rings. The standard InChI is InChI=1S/C21H21N5O/c1-13-5-4-6-16(9-13)20-24-21-23-18(11-19(27)26(21)25-20)12-22-17-8-7-14(2)15(3)10-17/h4-11,22H,12H2,1-3H3,(H,23,24,25). The fraction of sp³-hybridized carbons (Fsp3) is 0.190. The van der Waals surface area contributed by atoms with Crippen LogP contribution in [0, 0.1) is 20.8 Å². The van der Waals surface area contributed by atoms with Gasteiger partial charge in [-0.2, -0.15) is 9.50 Å². The first kappa shape index (κ1) is 17.0. The minimum absolute atomic E-state index is 0.178. The lowest BCUT2D eigenvalue weighted by atomic mass is 10.1. The fourth-order valence-electron chi connectivity index (χ4n) is 2.98. The summed E-state index contributed by atoms with van der Waals surface area (Å²) in [6.45, 7) is 6.64. The first-order valence-corrected chi connectivity index (χ1v) is 8.86. The number of nitrogens with zero attached hydrogens (tertiary/aromatic N) is 3. The molecule has 4 aromatic rings. The fourth-order valence-corrected chi connectivity index (χ4v) is 2.98. The van der Waals surface area contributed by atoms with Gasteiger partial charge in [-0.05, 0) is 50.1 Å². The number of aromatic amines is 1. The molecule has 0 fully saturated rings. The molecule has 4 rings (SSSR count). The molecule has 2 aromatic carbocycles. The van der Waals surface area contributed by atoms with E-state index >= 15 is 0 Å². The number of hydrogen-bond donors (Lipinski definition) is 2. The average molecular weight is 359 g/mol. The lowest BCUT2D eigenvalue weighted by Gasteiger charge is -2.08. The van der Waals surface area contributed by atoms with Crippen molar-refractivity contribution in [3.63, 3.8) is 0 Å². The quantitative estimate of drug-likeness (QED) is 0.583. The van der Waals surface area contributed by atoms with E-state index < -0.39 is 0 Å². The maximum absolute atomic E-state index is 12.4. The largest absolute Gasteiger partial charge is 0.379 e. The maximum atomic E-state index is 12.4. The lowest BCUT2D eigenvalue weighted by molar-refractivity contribution is 0.879. The number of aromatic nitrogens is 4. The van der Waals surface area contributed by atoms with E-state index in [9.17, 15) is 4.79 Å². The van der Waals surface area contributed by atoms with Gasteiger partial charge in [0.1, 0.15) is 0 Å². The molecule has 6 heteroatoms. The van der Waals surface area contributed by atoms with Crippen LogP contribution in [-0.4, -0.2) is 19.6 Å². The van der Waals surface area contributed by atoms with E-state index in [4.69, 9.17) is 0 Å². The summed E-state index contributed by atoms with van der Waals surface area (Å²) in [5.74, 6) is 0.999. The monoisotopic (exact) mass is 359 g/mol. The first-order valence-electron chi connectivity index (χ1n) is 8.86. The molecule has 0 radical (unpaired) electrons. The van der Waals surface area contributed by atoms with E-state index in [1.807, 2.05) is 37.3 Å². The molecule has 0 aliphatic carbocycles. The highest BCUT2D eigenvalue weighted by atomic mass is 16.1. The zero-order chi connectivity index (χ0) is 19.0. The molecule has 0 saturated heterocycles. The molecule has 0 bridgehead atoms. The highest BCUT2D eigenvalue weighted by molar-refractivity contribution is 5.58. The van der Waals surface area contributed by atoms with Crippen molar-refractivity contribution < 1.29 is 0 Å². The van der Waals surface area contributed by atoms with Crippen LogP contribution < -0.4 is 10.9 Å². The van der Waals surface area contributed by atoms with Crippen molar-refractivity contribution in [3.8, 4) is 11.4 Å². The zero-order valence-corrected chi connectivity index (χ0v) is 15.6. The predicted molar refractivity (Wildman–Crippen MR) is 107 cm³/mol. The van der Waals surface area contributed by atoms with Crippen LogP contribution in [0.3, 0.4) is 0 Å². The molecule has 0 saturated carbocycles. The van der Waals surface area contributed by atoms with Crippen molar-refractivity contribution in [2.75, 3.05) is 5.32 Å². The molecular formula is C21H21N5O. The van der Waals surface area contributed by atoms with Gasteiger partial charge in [0, 0.05) is 17.3 Å². The summed E-state index contributed by atoms with van der Waals surface area (Å²) in [7, 11) is 0. The Morgan fingerprint density at radius 3 is 2.63 bits per heavy atom. The Morgan fingerprint density at radius 2 is 1.85 bits per heavy atom. The van der Waals surface area contributed by atoms with Gasteiger partial charge in [0.25, 0.3) is 11.3 Å². The Balaban J connectivity index is 1.63. The lowest BCUT2D eigenvalue weighted by Crippen LogP contribution is -2.17. The van der Waals surface area contributed by atoms with Gasteiger partial charge in [-0.25, -0.2) is 4.98 Å². The molecule has 0 amide bonds. The van der Waals surface area contributed by atoms with Crippen molar-refractivity contribution in [3.05, 3.63) is 81.3 Å². The third-order valence-corrected chi connectivity index (χ3v) is 4.66. The number of benzene rings is 2. The van der Waals surface area contributed by atoms with Crippen molar-refractivity contribution in [1.82, 2.24) is 19.6 Å². The molecule has 2 N–H and O–H groups in total. The third kappa shape index (κ3) is 3.46. The summed E-state index contributed by atoms with van der Waals surface area (Å²) >= 11 is 0. The Labute approximate surface area is 156 Å². The minimum atomic E-state index is -0.178. The van der Waals surface area contributed by atoms with Gasteiger partial charge >= 0.3 is 0 Å². The molecule has 6 nitrogen and oxygen atoms in total. The van der Waals surface area contributed by atoms with Crippen molar-refractivity contribution in [1.29, 1.82) is 0 Å². The summed E-state index contributed by atoms with van der Waals surface area (Å²) in [5, 5.41) is 6.35. The molecule has 0 unspecified atom stereocenters. The van der Waals surface area contributed by atoms with Gasteiger partial charge in [-0.15, -0.1) is 0 Å². The second kappa shape index (κ2) is 6.72.